The third kappa shape index (κ3) is 6.88. The van der Waals surface area contributed by atoms with Crippen LogP contribution in [-0.2, 0) is 4.79 Å². The van der Waals surface area contributed by atoms with Gasteiger partial charge in [-0.3, -0.25) is 4.79 Å². The van der Waals surface area contributed by atoms with Crippen LogP contribution in [0.5, 0.6) is 0 Å². The van der Waals surface area contributed by atoms with Crippen LogP contribution in [0.2, 0.25) is 0 Å². The summed E-state index contributed by atoms with van der Waals surface area (Å²) in [6.45, 7) is 2.54. The Kier molecular flexibility index (Phi) is 7.45. The van der Waals surface area contributed by atoms with E-state index in [1.807, 2.05) is 6.92 Å². The molecular weight excluding hydrogens is 202 g/mol. The third-order valence-corrected chi connectivity index (χ3v) is 2.88. The Morgan fingerprint density at radius 1 is 1.71 bits per heavy atom. The second-order valence-electron chi connectivity index (χ2n) is 3.00. The average Bonchev–Trinajstić information content (AvgIpc) is 2.14. The van der Waals surface area contributed by atoms with Gasteiger partial charge in [-0.15, -0.1) is 0 Å². The first kappa shape index (κ1) is 13.4. The maximum absolute atomic E-state index is 10.4. The standard InChI is InChI=1S/C8H17N3O2S/c1-6(11-3-2-9)4-14-5-7(10)8(12)13/h2,6-7,9,11H,3-5,10H2,1H3,(H,12,13)/t6-,7+/m1/s1. The van der Waals surface area contributed by atoms with Gasteiger partial charge in [-0.1, -0.05) is 0 Å². The second kappa shape index (κ2) is 7.78. The quantitative estimate of drug-likeness (QED) is 0.422. The van der Waals surface area contributed by atoms with Crippen LogP contribution < -0.4 is 11.1 Å². The van der Waals surface area contributed by atoms with E-state index in [-0.39, 0.29) is 6.04 Å². The highest BCUT2D eigenvalue weighted by atomic mass is 32.2. The number of thioether (sulfide) groups is 1. The van der Waals surface area contributed by atoms with Crippen molar-refractivity contribution in [2.45, 2.75) is 19.0 Å². The summed E-state index contributed by atoms with van der Waals surface area (Å²) in [6.07, 6.45) is 1.30. The van der Waals surface area contributed by atoms with Crippen LogP contribution in [0.1, 0.15) is 6.92 Å². The fourth-order valence-electron chi connectivity index (χ4n) is 0.762. The fourth-order valence-corrected chi connectivity index (χ4v) is 1.77. The summed E-state index contributed by atoms with van der Waals surface area (Å²) in [4.78, 5) is 10.4. The number of rotatable bonds is 8. The summed E-state index contributed by atoms with van der Waals surface area (Å²) >= 11 is 1.50. The van der Waals surface area contributed by atoms with Gasteiger partial charge < -0.3 is 21.6 Å². The van der Waals surface area contributed by atoms with Gasteiger partial charge in [-0.25, -0.2) is 0 Å². The SMILES string of the molecule is C[C@H](CSC[C@H](N)C(=O)O)NCC=N. The molecule has 0 aliphatic carbocycles. The minimum absolute atomic E-state index is 0.266. The van der Waals surface area contributed by atoms with Crippen LogP contribution in [0.25, 0.3) is 0 Å². The van der Waals surface area contributed by atoms with E-state index in [9.17, 15) is 4.79 Å². The molecule has 0 aliphatic heterocycles. The van der Waals surface area contributed by atoms with Crippen molar-refractivity contribution in [3.8, 4) is 0 Å². The summed E-state index contributed by atoms with van der Waals surface area (Å²) < 4.78 is 0. The van der Waals surface area contributed by atoms with Gasteiger partial charge in [0.05, 0.1) is 0 Å². The van der Waals surface area contributed by atoms with Crippen molar-refractivity contribution in [1.29, 1.82) is 5.41 Å². The van der Waals surface area contributed by atoms with Crippen molar-refractivity contribution in [3.63, 3.8) is 0 Å². The minimum atomic E-state index is -0.961. The van der Waals surface area contributed by atoms with Crippen molar-refractivity contribution in [3.05, 3.63) is 0 Å². The highest BCUT2D eigenvalue weighted by Gasteiger charge is 2.11. The summed E-state index contributed by atoms with van der Waals surface area (Å²) in [5.74, 6) is 0.262. The molecule has 0 spiro atoms. The molecule has 6 heteroatoms. The monoisotopic (exact) mass is 219 g/mol. The second-order valence-corrected chi connectivity index (χ2v) is 4.07. The number of carboxylic acids is 1. The highest BCUT2D eigenvalue weighted by Crippen LogP contribution is 2.04. The molecule has 0 aromatic heterocycles. The molecule has 0 saturated carbocycles. The number of carboxylic acid groups (broad SMARTS) is 1. The van der Waals surface area contributed by atoms with Crippen molar-refractivity contribution in [2.24, 2.45) is 5.73 Å². The van der Waals surface area contributed by atoms with Gasteiger partial charge in [0.1, 0.15) is 6.04 Å². The lowest BCUT2D eigenvalue weighted by molar-refractivity contribution is -0.137. The molecule has 14 heavy (non-hydrogen) atoms. The minimum Gasteiger partial charge on any atom is -0.480 e. The zero-order chi connectivity index (χ0) is 11.0. The van der Waals surface area contributed by atoms with Crippen molar-refractivity contribution in [2.75, 3.05) is 18.1 Å². The summed E-state index contributed by atoms with van der Waals surface area (Å²) in [5.41, 5.74) is 5.33. The molecule has 2 atom stereocenters. The molecule has 5 N–H and O–H groups in total. The number of hydrogen-bond acceptors (Lipinski definition) is 5. The van der Waals surface area contributed by atoms with E-state index in [2.05, 4.69) is 5.32 Å². The van der Waals surface area contributed by atoms with Gasteiger partial charge in [-0.05, 0) is 6.92 Å². The molecule has 5 nitrogen and oxygen atoms in total. The van der Waals surface area contributed by atoms with Gasteiger partial charge in [0.2, 0.25) is 0 Å². The summed E-state index contributed by atoms with van der Waals surface area (Å²) in [7, 11) is 0. The van der Waals surface area contributed by atoms with Gasteiger partial charge in [0, 0.05) is 30.3 Å². The van der Waals surface area contributed by atoms with Gasteiger partial charge in [-0.2, -0.15) is 11.8 Å². The summed E-state index contributed by atoms with van der Waals surface area (Å²) in [6, 6.07) is -0.516. The van der Waals surface area contributed by atoms with E-state index < -0.39 is 12.0 Å². The van der Waals surface area contributed by atoms with Crippen LogP contribution in [0.4, 0.5) is 0 Å². The zero-order valence-electron chi connectivity index (χ0n) is 8.19. The number of aliphatic carboxylic acids is 1. The highest BCUT2D eigenvalue weighted by molar-refractivity contribution is 7.99. The van der Waals surface area contributed by atoms with Crippen molar-refractivity contribution >= 4 is 23.9 Å². The molecule has 0 radical (unpaired) electrons. The predicted molar refractivity (Wildman–Crippen MR) is 59.2 cm³/mol. The molecule has 0 aromatic carbocycles. The van der Waals surface area contributed by atoms with Crippen LogP contribution in [-0.4, -0.2) is 47.4 Å². The maximum Gasteiger partial charge on any atom is 0.321 e. The number of carbonyl (C=O) groups is 1. The Labute approximate surface area is 87.9 Å². The molecule has 0 bridgehead atoms. The Morgan fingerprint density at radius 3 is 2.86 bits per heavy atom. The van der Waals surface area contributed by atoms with E-state index in [0.29, 0.717) is 12.3 Å². The molecule has 0 rings (SSSR count). The lowest BCUT2D eigenvalue weighted by atomic mass is 10.4. The number of hydrogen-bond donors (Lipinski definition) is 4. The Morgan fingerprint density at radius 2 is 2.36 bits per heavy atom. The first-order valence-corrected chi connectivity index (χ1v) is 5.51. The van der Waals surface area contributed by atoms with E-state index in [4.69, 9.17) is 16.2 Å². The maximum atomic E-state index is 10.4. The number of nitrogens with one attached hydrogen (secondary N) is 2. The van der Waals surface area contributed by atoms with Gasteiger partial charge in [0.25, 0.3) is 0 Å². The Bertz CT molecular complexity index is 189. The molecule has 0 saturated heterocycles. The van der Waals surface area contributed by atoms with Crippen LogP contribution in [0.15, 0.2) is 0 Å². The first-order chi connectivity index (χ1) is 6.57. The van der Waals surface area contributed by atoms with Gasteiger partial charge >= 0.3 is 5.97 Å². The van der Waals surface area contributed by atoms with Gasteiger partial charge in [0.15, 0.2) is 0 Å². The molecule has 82 valence electrons. The Hall–Kier alpha value is -0.590. The molecular formula is C8H17N3O2S. The van der Waals surface area contributed by atoms with Crippen LogP contribution >= 0.6 is 11.8 Å². The van der Waals surface area contributed by atoms with E-state index in [0.717, 1.165) is 5.75 Å². The smallest absolute Gasteiger partial charge is 0.321 e. The number of nitrogens with two attached hydrogens (primary N) is 1. The molecule has 0 aromatic rings. The summed E-state index contributed by atoms with van der Waals surface area (Å²) in [5, 5.41) is 18.4. The lowest BCUT2D eigenvalue weighted by Gasteiger charge is -2.12. The molecule has 0 unspecified atom stereocenters. The fraction of sp³-hybridized carbons (Fsp3) is 0.750. The third-order valence-electron chi connectivity index (χ3n) is 1.55. The predicted octanol–water partition coefficient (Wildman–Crippen LogP) is -0.241. The van der Waals surface area contributed by atoms with E-state index >= 15 is 0 Å². The molecule has 0 fully saturated rings. The lowest BCUT2D eigenvalue weighted by Crippen LogP contribution is -2.34. The van der Waals surface area contributed by atoms with E-state index in [1.165, 1.54) is 18.0 Å². The van der Waals surface area contributed by atoms with Crippen LogP contribution in [0, 0.1) is 5.41 Å². The Balaban J connectivity index is 3.43. The van der Waals surface area contributed by atoms with Crippen LogP contribution in [0.3, 0.4) is 0 Å². The molecule has 0 heterocycles. The van der Waals surface area contributed by atoms with Crippen molar-refractivity contribution in [1.82, 2.24) is 5.32 Å². The van der Waals surface area contributed by atoms with Crippen molar-refractivity contribution < 1.29 is 9.90 Å². The molecule has 0 aliphatic rings. The normalized spacial score (nSPS) is 14.7. The zero-order valence-corrected chi connectivity index (χ0v) is 9.01. The first-order valence-electron chi connectivity index (χ1n) is 4.36. The topological polar surface area (TPSA) is 99.2 Å². The van der Waals surface area contributed by atoms with E-state index in [1.54, 1.807) is 0 Å². The molecule has 0 amide bonds. The largest absolute Gasteiger partial charge is 0.480 e. The average molecular weight is 219 g/mol.